The minimum absolute atomic E-state index is 0.0680. The molecule has 1 aliphatic rings. The van der Waals surface area contributed by atoms with Gasteiger partial charge in [-0.05, 0) is 17.7 Å². The molecule has 1 saturated heterocycles. The fourth-order valence-electron chi connectivity index (χ4n) is 3.69. The molecule has 1 fully saturated rings. The highest BCUT2D eigenvalue weighted by atomic mass is 79.9. The lowest BCUT2D eigenvalue weighted by atomic mass is 9.93. The highest BCUT2D eigenvalue weighted by Crippen LogP contribution is 2.43. The molecule has 10 heteroatoms. The Hall–Kier alpha value is -3.79. The van der Waals surface area contributed by atoms with E-state index in [1.807, 2.05) is 20.8 Å². The van der Waals surface area contributed by atoms with Gasteiger partial charge in [-0.25, -0.2) is 0 Å². The maximum Gasteiger partial charge on any atom is 0.301 e. The molecule has 1 N–H and O–H groups in total. The highest BCUT2D eigenvalue weighted by Gasteiger charge is 2.48. The first-order chi connectivity index (χ1) is 16.0. The van der Waals surface area contributed by atoms with Gasteiger partial charge in [0.1, 0.15) is 11.5 Å². The number of aliphatic hydroxyl groups is 1. The van der Waals surface area contributed by atoms with Crippen molar-refractivity contribution in [1.29, 1.82) is 0 Å². The average Bonchev–Trinajstić information content (AvgIpc) is 3.37. The van der Waals surface area contributed by atoms with Crippen LogP contribution in [0.2, 0.25) is 0 Å². The van der Waals surface area contributed by atoms with Crippen LogP contribution in [-0.2, 0) is 15.0 Å². The van der Waals surface area contributed by atoms with Gasteiger partial charge >= 0.3 is 5.91 Å². The zero-order valence-corrected chi connectivity index (χ0v) is 20.1. The molecule has 1 atom stereocenters. The van der Waals surface area contributed by atoms with E-state index in [1.54, 1.807) is 36.4 Å². The molecule has 4 rings (SSSR count). The molecule has 1 aliphatic heterocycles. The summed E-state index contributed by atoms with van der Waals surface area (Å²) in [4.78, 5) is 38.3. The minimum atomic E-state index is -1.15. The van der Waals surface area contributed by atoms with E-state index < -0.39 is 33.8 Å². The molecule has 0 unspecified atom stereocenters. The molecule has 0 bridgehead atoms. The largest absolute Gasteiger partial charge is 0.507 e. The van der Waals surface area contributed by atoms with E-state index >= 15 is 0 Å². The molecule has 0 spiro atoms. The summed E-state index contributed by atoms with van der Waals surface area (Å²) in [6.45, 7) is 5.70. The van der Waals surface area contributed by atoms with Gasteiger partial charge in [-0.1, -0.05) is 66.1 Å². The van der Waals surface area contributed by atoms with E-state index in [1.165, 1.54) is 18.2 Å². The summed E-state index contributed by atoms with van der Waals surface area (Å²) in [5.74, 6) is -1.71. The van der Waals surface area contributed by atoms with Crippen molar-refractivity contribution in [2.24, 2.45) is 0 Å². The molecule has 9 nitrogen and oxygen atoms in total. The number of nitro benzene ring substituents is 1. The van der Waals surface area contributed by atoms with Crippen LogP contribution in [0.3, 0.4) is 0 Å². The summed E-state index contributed by atoms with van der Waals surface area (Å²) in [6, 6.07) is 12.5. The van der Waals surface area contributed by atoms with Gasteiger partial charge in [0.05, 0.1) is 16.5 Å². The number of carbonyl (C=O) groups is 2. The minimum Gasteiger partial charge on any atom is -0.507 e. The van der Waals surface area contributed by atoms with Gasteiger partial charge in [0.25, 0.3) is 11.5 Å². The SMILES string of the molecule is CC(C)(C)c1cc(N2C(=O)C(=O)C(=C(O)c3ccc(Br)cc3)[C@H]2c2cccc([N+](=O)[O-])c2)no1. The normalized spacial score (nSPS) is 17.9. The summed E-state index contributed by atoms with van der Waals surface area (Å²) in [5, 5.41) is 26.5. The molecule has 2 heterocycles. The third-order valence-electron chi connectivity index (χ3n) is 5.44. The Bertz CT molecular complexity index is 1340. The van der Waals surface area contributed by atoms with E-state index in [4.69, 9.17) is 4.52 Å². The van der Waals surface area contributed by atoms with Gasteiger partial charge in [-0.2, -0.15) is 0 Å². The first kappa shape index (κ1) is 23.4. The van der Waals surface area contributed by atoms with Crippen LogP contribution >= 0.6 is 15.9 Å². The van der Waals surface area contributed by atoms with Crippen LogP contribution in [0.5, 0.6) is 0 Å². The summed E-state index contributed by atoms with van der Waals surface area (Å²) in [5.41, 5.74) is -0.257. The third kappa shape index (κ3) is 4.12. The number of Topliss-reactive ketones (excluding diaryl/α,β-unsaturated/α-hetero) is 1. The molecule has 1 amide bonds. The number of anilines is 1. The predicted molar refractivity (Wildman–Crippen MR) is 127 cm³/mol. The average molecular weight is 526 g/mol. The number of rotatable bonds is 4. The van der Waals surface area contributed by atoms with Crippen LogP contribution in [0, 0.1) is 10.1 Å². The van der Waals surface area contributed by atoms with Gasteiger partial charge in [0.2, 0.25) is 0 Å². The first-order valence-corrected chi connectivity index (χ1v) is 11.1. The molecule has 34 heavy (non-hydrogen) atoms. The Morgan fingerprint density at radius 1 is 1.15 bits per heavy atom. The van der Waals surface area contributed by atoms with Crippen molar-refractivity contribution in [3.8, 4) is 0 Å². The zero-order chi connectivity index (χ0) is 24.8. The third-order valence-corrected chi connectivity index (χ3v) is 5.97. The number of nitro groups is 1. The van der Waals surface area contributed by atoms with Gasteiger partial charge in [0.15, 0.2) is 5.82 Å². The molecule has 0 radical (unpaired) electrons. The Labute approximate surface area is 202 Å². The second-order valence-corrected chi connectivity index (χ2v) is 9.74. The molecular formula is C24H20BrN3O6. The lowest BCUT2D eigenvalue weighted by molar-refractivity contribution is -0.384. The fourth-order valence-corrected chi connectivity index (χ4v) is 3.95. The van der Waals surface area contributed by atoms with Crippen molar-refractivity contribution < 1.29 is 24.1 Å². The maximum absolute atomic E-state index is 13.2. The van der Waals surface area contributed by atoms with Crippen LogP contribution in [0.1, 0.15) is 43.7 Å². The quantitative estimate of drug-likeness (QED) is 0.161. The number of hydrogen-bond acceptors (Lipinski definition) is 7. The maximum atomic E-state index is 13.2. The molecule has 3 aromatic rings. The van der Waals surface area contributed by atoms with Crippen molar-refractivity contribution >= 4 is 44.9 Å². The number of nitrogens with zero attached hydrogens (tertiary/aromatic N) is 3. The summed E-state index contributed by atoms with van der Waals surface area (Å²) < 4.78 is 6.18. The van der Waals surface area contributed by atoms with E-state index in [0.717, 1.165) is 9.37 Å². The Balaban J connectivity index is 1.95. The van der Waals surface area contributed by atoms with E-state index in [2.05, 4.69) is 21.1 Å². The van der Waals surface area contributed by atoms with Crippen molar-refractivity contribution in [3.63, 3.8) is 0 Å². The van der Waals surface area contributed by atoms with Crippen molar-refractivity contribution in [2.45, 2.75) is 32.2 Å². The van der Waals surface area contributed by atoms with Crippen molar-refractivity contribution in [3.05, 3.63) is 91.6 Å². The van der Waals surface area contributed by atoms with E-state index in [9.17, 15) is 24.8 Å². The Morgan fingerprint density at radius 3 is 2.41 bits per heavy atom. The Morgan fingerprint density at radius 2 is 1.82 bits per heavy atom. The van der Waals surface area contributed by atoms with Crippen LogP contribution in [0.25, 0.3) is 5.76 Å². The second kappa shape index (κ2) is 8.53. The second-order valence-electron chi connectivity index (χ2n) is 8.83. The number of non-ortho nitro benzene ring substituents is 1. The lowest BCUT2D eigenvalue weighted by Gasteiger charge is -2.22. The van der Waals surface area contributed by atoms with Crippen LogP contribution in [0.15, 0.2) is 69.2 Å². The summed E-state index contributed by atoms with van der Waals surface area (Å²) in [6.07, 6.45) is 0. The van der Waals surface area contributed by atoms with Crippen LogP contribution in [0.4, 0.5) is 11.5 Å². The fraction of sp³-hybridized carbons (Fsp3) is 0.208. The van der Waals surface area contributed by atoms with E-state index in [0.29, 0.717) is 11.3 Å². The van der Waals surface area contributed by atoms with Crippen molar-refractivity contribution in [1.82, 2.24) is 5.16 Å². The standard InChI is InChI=1S/C24H20BrN3O6/c1-24(2,3)17-12-18(26-34-17)27-20(14-5-4-6-16(11-14)28(32)33)19(22(30)23(27)31)21(29)13-7-9-15(25)10-8-13/h4-12,20,29H,1-3H3/t20-/m1/s1. The monoisotopic (exact) mass is 525 g/mol. The topological polar surface area (TPSA) is 127 Å². The number of halogens is 1. The molecule has 0 aliphatic carbocycles. The van der Waals surface area contributed by atoms with Crippen molar-refractivity contribution in [2.75, 3.05) is 4.90 Å². The van der Waals surface area contributed by atoms with Gasteiger partial charge in [0, 0.05) is 33.7 Å². The number of carbonyl (C=O) groups excluding carboxylic acids is 2. The van der Waals surface area contributed by atoms with Gasteiger partial charge in [-0.3, -0.25) is 24.6 Å². The van der Waals surface area contributed by atoms with Crippen LogP contribution in [-0.4, -0.2) is 26.9 Å². The van der Waals surface area contributed by atoms with Gasteiger partial charge in [-0.15, -0.1) is 0 Å². The summed E-state index contributed by atoms with van der Waals surface area (Å²) >= 11 is 3.32. The number of ketones is 1. The molecule has 2 aromatic carbocycles. The lowest BCUT2D eigenvalue weighted by Crippen LogP contribution is -2.29. The number of hydrogen-bond donors (Lipinski definition) is 1. The first-order valence-electron chi connectivity index (χ1n) is 10.3. The number of aromatic nitrogens is 1. The predicted octanol–water partition coefficient (Wildman–Crippen LogP) is 5.27. The van der Waals surface area contributed by atoms with Gasteiger partial charge < -0.3 is 9.63 Å². The Kier molecular flexibility index (Phi) is 5.86. The molecular weight excluding hydrogens is 506 g/mol. The highest BCUT2D eigenvalue weighted by molar-refractivity contribution is 9.10. The number of amides is 1. The molecule has 0 saturated carbocycles. The summed E-state index contributed by atoms with van der Waals surface area (Å²) in [7, 11) is 0. The molecule has 174 valence electrons. The smallest absolute Gasteiger partial charge is 0.301 e. The number of benzene rings is 2. The number of aliphatic hydroxyl groups excluding tert-OH is 1. The van der Waals surface area contributed by atoms with E-state index in [-0.39, 0.29) is 22.6 Å². The zero-order valence-electron chi connectivity index (χ0n) is 18.5. The molecule has 1 aromatic heterocycles. The van der Waals surface area contributed by atoms with Crippen LogP contribution < -0.4 is 4.90 Å².